The number of ether oxygens (including phenoxy) is 1. The summed E-state index contributed by atoms with van der Waals surface area (Å²) >= 11 is 0. The van der Waals surface area contributed by atoms with Crippen molar-refractivity contribution in [2.75, 3.05) is 19.8 Å². The van der Waals surface area contributed by atoms with Crippen LogP contribution in [0.4, 0.5) is 4.79 Å². The average Bonchev–Trinajstić information content (AvgIpc) is 3.09. The SMILES string of the molecule is CCCCOC(=O)N1CCC(CO)CC12CC2. The van der Waals surface area contributed by atoms with Gasteiger partial charge in [0.05, 0.1) is 6.61 Å². The third kappa shape index (κ3) is 2.73. The van der Waals surface area contributed by atoms with E-state index >= 15 is 0 Å². The molecule has 2 aliphatic rings. The molecule has 2 fully saturated rings. The van der Waals surface area contributed by atoms with Gasteiger partial charge in [0.1, 0.15) is 0 Å². The van der Waals surface area contributed by atoms with E-state index in [9.17, 15) is 9.90 Å². The average molecular weight is 241 g/mol. The number of carbonyl (C=O) groups is 1. The highest BCUT2D eigenvalue weighted by molar-refractivity contribution is 5.69. The van der Waals surface area contributed by atoms with Crippen molar-refractivity contribution in [3.63, 3.8) is 0 Å². The topological polar surface area (TPSA) is 49.8 Å². The van der Waals surface area contributed by atoms with E-state index in [0.29, 0.717) is 12.5 Å². The van der Waals surface area contributed by atoms with E-state index in [1.807, 2.05) is 4.90 Å². The summed E-state index contributed by atoms with van der Waals surface area (Å²) in [6, 6.07) is 0. The second-order valence-electron chi connectivity index (χ2n) is 5.39. The number of aliphatic hydroxyl groups is 1. The van der Waals surface area contributed by atoms with E-state index in [1.165, 1.54) is 0 Å². The zero-order valence-electron chi connectivity index (χ0n) is 10.7. The Bertz CT molecular complexity index is 276. The lowest BCUT2D eigenvalue weighted by molar-refractivity contribution is 0.0412. The molecule has 1 heterocycles. The summed E-state index contributed by atoms with van der Waals surface area (Å²) in [6.45, 7) is 3.62. The van der Waals surface area contributed by atoms with Crippen LogP contribution in [0.1, 0.15) is 45.4 Å². The molecule has 17 heavy (non-hydrogen) atoms. The number of piperidine rings is 1. The number of amides is 1. The molecule has 98 valence electrons. The molecule has 1 saturated heterocycles. The summed E-state index contributed by atoms with van der Waals surface area (Å²) in [5, 5.41) is 9.21. The molecule has 0 bridgehead atoms. The van der Waals surface area contributed by atoms with Crippen LogP contribution in [0.2, 0.25) is 0 Å². The summed E-state index contributed by atoms with van der Waals surface area (Å²) in [5.41, 5.74) is 0.0367. The van der Waals surface area contributed by atoms with Gasteiger partial charge in [0.15, 0.2) is 0 Å². The van der Waals surface area contributed by atoms with Gasteiger partial charge in [-0.05, 0) is 38.0 Å². The van der Waals surface area contributed by atoms with Gasteiger partial charge in [0, 0.05) is 18.7 Å². The Morgan fingerprint density at radius 1 is 1.53 bits per heavy atom. The van der Waals surface area contributed by atoms with Gasteiger partial charge in [-0.15, -0.1) is 0 Å². The number of rotatable bonds is 4. The van der Waals surface area contributed by atoms with Gasteiger partial charge in [-0.1, -0.05) is 13.3 Å². The van der Waals surface area contributed by atoms with Crippen molar-refractivity contribution < 1.29 is 14.6 Å². The third-order valence-electron chi connectivity index (χ3n) is 4.03. The summed E-state index contributed by atoms with van der Waals surface area (Å²) < 4.78 is 5.29. The highest BCUT2D eigenvalue weighted by Gasteiger charge is 2.53. The normalized spacial score (nSPS) is 26.0. The number of hydrogen-bond donors (Lipinski definition) is 1. The van der Waals surface area contributed by atoms with Crippen LogP contribution < -0.4 is 0 Å². The lowest BCUT2D eigenvalue weighted by atomic mass is 9.90. The van der Waals surface area contributed by atoms with Gasteiger partial charge < -0.3 is 14.7 Å². The fraction of sp³-hybridized carbons (Fsp3) is 0.923. The number of hydrogen-bond acceptors (Lipinski definition) is 3. The molecule has 4 heteroatoms. The molecular weight excluding hydrogens is 218 g/mol. The highest BCUT2D eigenvalue weighted by Crippen LogP contribution is 2.50. The predicted octanol–water partition coefficient (Wildman–Crippen LogP) is 2.16. The van der Waals surface area contributed by atoms with Gasteiger partial charge in [-0.3, -0.25) is 0 Å². The van der Waals surface area contributed by atoms with Crippen molar-refractivity contribution in [3.8, 4) is 0 Å². The summed E-state index contributed by atoms with van der Waals surface area (Å²) in [5.74, 6) is 0.372. The van der Waals surface area contributed by atoms with Crippen LogP contribution in [0, 0.1) is 5.92 Å². The minimum absolute atomic E-state index is 0.0367. The maximum absolute atomic E-state index is 12.0. The van der Waals surface area contributed by atoms with E-state index in [1.54, 1.807) is 0 Å². The molecule has 1 aliphatic carbocycles. The second kappa shape index (κ2) is 5.25. The van der Waals surface area contributed by atoms with Crippen LogP contribution in [-0.4, -0.2) is 41.4 Å². The molecule has 0 aromatic heterocycles. The molecule has 0 aromatic rings. The number of likely N-dealkylation sites (tertiary alicyclic amines) is 1. The van der Waals surface area contributed by atoms with E-state index in [0.717, 1.165) is 45.1 Å². The van der Waals surface area contributed by atoms with Crippen LogP contribution in [0.25, 0.3) is 0 Å². The Labute approximate surface area is 103 Å². The Hall–Kier alpha value is -0.770. The predicted molar refractivity (Wildman–Crippen MR) is 64.7 cm³/mol. The van der Waals surface area contributed by atoms with Crippen LogP contribution >= 0.6 is 0 Å². The zero-order valence-corrected chi connectivity index (χ0v) is 10.7. The molecule has 0 aromatic carbocycles. The zero-order chi connectivity index (χ0) is 12.3. The quantitative estimate of drug-likeness (QED) is 0.767. The lowest BCUT2D eigenvalue weighted by Gasteiger charge is -2.38. The minimum Gasteiger partial charge on any atom is -0.449 e. The van der Waals surface area contributed by atoms with Crippen LogP contribution in [0.5, 0.6) is 0 Å². The van der Waals surface area contributed by atoms with E-state index in [-0.39, 0.29) is 18.2 Å². The summed E-state index contributed by atoms with van der Waals surface area (Å²) in [4.78, 5) is 13.9. The fourth-order valence-corrected chi connectivity index (χ4v) is 2.74. The smallest absolute Gasteiger partial charge is 0.410 e. The standard InChI is InChI=1S/C13H23NO3/c1-2-3-8-17-12(16)14-7-4-11(10-15)9-13(14)5-6-13/h11,15H,2-10H2,1H3. The highest BCUT2D eigenvalue weighted by atomic mass is 16.6. The first-order chi connectivity index (χ1) is 8.22. The first-order valence-corrected chi connectivity index (χ1v) is 6.77. The Morgan fingerprint density at radius 2 is 2.29 bits per heavy atom. The maximum Gasteiger partial charge on any atom is 0.410 e. The molecule has 1 aliphatic heterocycles. The molecule has 1 unspecified atom stereocenters. The van der Waals surface area contributed by atoms with Gasteiger partial charge in [0.25, 0.3) is 0 Å². The molecular formula is C13H23NO3. The number of carbonyl (C=O) groups excluding carboxylic acids is 1. The molecule has 4 nitrogen and oxygen atoms in total. The number of unbranched alkanes of at least 4 members (excludes halogenated alkanes) is 1. The van der Waals surface area contributed by atoms with E-state index in [4.69, 9.17) is 4.74 Å². The lowest BCUT2D eigenvalue weighted by Crippen LogP contribution is -2.48. The Balaban J connectivity index is 1.86. The van der Waals surface area contributed by atoms with Crippen molar-refractivity contribution in [2.24, 2.45) is 5.92 Å². The first kappa shape index (κ1) is 12.7. The molecule has 1 atom stereocenters. The van der Waals surface area contributed by atoms with Crippen molar-refractivity contribution >= 4 is 6.09 Å². The molecule has 1 spiro atoms. The van der Waals surface area contributed by atoms with Gasteiger partial charge >= 0.3 is 6.09 Å². The summed E-state index contributed by atoms with van der Waals surface area (Å²) in [6.07, 6.45) is 5.84. The fourth-order valence-electron chi connectivity index (χ4n) is 2.74. The van der Waals surface area contributed by atoms with Gasteiger partial charge in [-0.25, -0.2) is 4.79 Å². The van der Waals surface area contributed by atoms with Crippen LogP contribution in [0.3, 0.4) is 0 Å². The molecule has 2 rings (SSSR count). The Kier molecular flexibility index (Phi) is 3.92. The van der Waals surface area contributed by atoms with Crippen molar-refractivity contribution in [2.45, 2.75) is 51.0 Å². The van der Waals surface area contributed by atoms with Crippen molar-refractivity contribution in [1.29, 1.82) is 0 Å². The summed E-state index contributed by atoms with van der Waals surface area (Å²) in [7, 11) is 0. The monoisotopic (exact) mass is 241 g/mol. The van der Waals surface area contributed by atoms with Gasteiger partial charge in [-0.2, -0.15) is 0 Å². The van der Waals surface area contributed by atoms with E-state index < -0.39 is 0 Å². The van der Waals surface area contributed by atoms with Crippen LogP contribution in [-0.2, 0) is 4.74 Å². The van der Waals surface area contributed by atoms with Crippen molar-refractivity contribution in [1.82, 2.24) is 4.90 Å². The minimum atomic E-state index is -0.146. The molecule has 1 N–H and O–H groups in total. The molecule has 0 radical (unpaired) electrons. The number of aliphatic hydroxyl groups excluding tert-OH is 1. The molecule has 1 amide bonds. The Morgan fingerprint density at radius 3 is 2.88 bits per heavy atom. The third-order valence-corrected chi connectivity index (χ3v) is 4.03. The second-order valence-corrected chi connectivity index (χ2v) is 5.39. The molecule has 1 saturated carbocycles. The van der Waals surface area contributed by atoms with Crippen molar-refractivity contribution in [3.05, 3.63) is 0 Å². The maximum atomic E-state index is 12.0. The van der Waals surface area contributed by atoms with Crippen LogP contribution in [0.15, 0.2) is 0 Å². The van der Waals surface area contributed by atoms with Gasteiger partial charge in [0.2, 0.25) is 0 Å². The first-order valence-electron chi connectivity index (χ1n) is 6.77. The number of nitrogens with zero attached hydrogens (tertiary/aromatic N) is 1. The van der Waals surface area contributed by atoms with E-state index in [2.05, 4.69) is 6.92 Å². The largest absolute Gasteiger partial charge is 0.449 e.